The van der Waals surface area contributed by atoms with Crippen molar-refractivity contribution in [2.45, 2.75) is 25.6 Å². The minimum atomic E-state index is -0.683. The molecule has 1 aliphatic rings. The van der Waals surface area contributed by atoms with Crippen molar-refractivity contribution in [2.24, 2.45) is 5.73 Å². The third kappa shape index (κ3) is 4.55. The number of carbonyl (C=O) groups is 1. The zero-order valence-corrected chi connectivity index (χ0v) is 18.9. The Morgan fingerprint density at radius 3 is 2.47 bits per heavy atom. The van der Waals surface area contributed by atoms with Gasteiger partial charge in [-0.05, 0) is 48.5 Å². The van der Waals surface area contributed by atoms with E-state index in [2.05, 4.69) is 10.3 Å². The van der Waals surface area contributed by atoms with Crippen molar-refractivity contribution < 1.29 is 13.6 Å². The molecule has 3 N–H and O–H groups in total. The van der Waals surface area contributed by atoms with Crippen molar-refractivity contribution in [3.8, 4) is 11.3 Å². The summed E-state index contributed by atoms with van der Waals surface area (Å²) in [4.78, 5) is 23.7. The molecule has 174 valence electrons. The summed E-state index contributed by atoms with van der Waals surface area (Å²) in [7, 11) is 0. The first-order valence-electron chi connectivity index (χ1n) is 10.8. The molecule has 4 aromatic rings. The highest BCUT2D eigenvalue weighted by Gasteiger charge is 2.29. The van der Waals surface area contributed by atoms with Gasteiger partial charge in [-0.3, -0.25) is 4.79 Å². The zero-order chi connectivity index (χ0) is 23.7. The summed E-state index contributed by atoms with van der Waals surface area (Å²) in [6.45, 7) is 1.26. The smallest absolute Gasteiger partial charge is 0.240 e. The number of hydrogen-bond donors (Lipinski definition) is 2. The third-order valence-corrected chi connectivity index (χ3v) is 6.37. The SMILES string of the molecule is N[C@@H](Cc1cscn1)C(=O)N1CCn2c(nc(-c3ccc(F)cc3)c2Nc2ccc(F)cc2)C1. The first-order valence-corrected chi connectivity index (χ1v) is 11.7. The molecule has 1 atom stereocenters. The quantitative estimate of drug-likeness (QED) is 0.436. The van der Waals surface area contributed by atoms with Crippen molar-refractivity contribution in [1.29, 1.82) is 0 Å². The van der Waals surface area contributed by atoms with E-state index in [0.29, 0.717) is 49.1 Å². The van der Waals surface area contributed by atoms with Gasteiger partial charge in [0.15, 0.2) is 0 Å². The number of hydrogen-bond acceptors (Lipinski definition) is 6. The fourth-order valence-electron chi connectivity index (χ4n) is 4.01. The van der Waals surface area contributed by atoms with E-state index >= 15 is 0 Å². The maximum atomic E-state index is 13.5. The second-order valence-corrected chi connectivity index (χ2v) is 8.78. The van der Waals surface area contributed by atoms with Crippen molar-refractivity contribution in [3.63, 3.8) is 0 Å². The van der Waals surface area contributed by atoms with Gasteiger partial charge in [0.05, 0.1) is 23.8 Å². The van der Waals surface area contributed by atoms with Crippen molar-refractivity contribution >= 4 is 28.7 Å². The van der Waals surface area contributed by atoms with Gasteiger partial charge >= 0.3 is 0 Å². The van der Waals surface area contributed by atoms with E-state index in [1.54, 1.807) is 34.7 Å². The Labute approximate surface area is 198 Å². The molecule has 34 heavy (non-hydrogen) atoms. The van der Waals surface area contributed by atoms with Gasteiger partial charge in [-0.25, -0.2) is 18.7 Å². The normalized spacial score (nSPS) is 14.0. The number of amides is 1. The Balaban J connectivity index is 1.44. The molecule has 1 amide bonds. The van der Waals surface area contributed by atoms with Crippen LogP contribution >= 0.6 is 11.3 Å². The Hall–Kier alpha value is -3.63. The number of anilines is 2. The highest BCUT2D eigenvalue weighted by molar-refractivity contribution is 7.07. The highest BCUT2D eigenvalue weighted by atomic mass is 32.1. The number of aromatic nitrogens is 3. The molecule has 0 spiro atoms. The van der Waals surface area contributed by atoms with E-state index in [-0.39, 0.29) is 17.5 Å². The maximum absolute atomic E-state index is 13.5. The Kier molecular flexibility index (Phi) is 6.08. The lowest BCUT2D eigenvalue weighted by Crippen LogP contribution is -2.47. The molecule has 0 saturated carbocycles. The molecule has 0 bridgehead atoms. The van der Waals surface area contributed by atoms with Crippen LogP contribution in [-0.2, 0) is 24.3 Å². The molecule has 3 heterocycles. The van der Waals surface area contributed by atoms with Crippen LogP contribution in [0.5, 0.6) is 0 Å². The first kappa shape index (κ1) is 22.2. The number of halogens is 2. The molecule has 10 heteroatoms. The van der Waals surface area contributed by atoms with E-state index in [0.717, 1.165) is 11.3 Å². The van der Waals surface area contributed by atoms with Crippen molar-refractivity contribution in [3.05, 3.63) is 82.6 Å². The molecule has 0 saturated heterocycles. The van der Waals surface area contributed by atoms with Crippen LogP contribution in [0.25, 0.3) is 11.3 Å². The van der Waals surface area contributed by atoms with Crippen molar-refractivity contribution in [1.82, 2.24) is 19.4 Å². The lowest BCUT2D eigenvalue weighted by molar-refractivity contribution is -0.134. The van der Waals surface area contributed by atoms with Crippen LogP contribution in [0.4, 0.5) is 20.3 Å². The third-order valence-electron chi connectivity index (χ3n) is 5.74. The Morgan fingerprint density at radius 2 is 1.79 bits per heavy atom. The van der Waals surface area contributed by atoms with Gasteiger partial charge in [-0.2, -0.15) is 0 Å². The molecule has 7 nitrogen and oxygen atoms in total. The summed E-state index contributed by atoms with van der Waals surface area (Å²) in [6, 6.07) is 11.4. The average molecular weight is 481 g/mol. The van der Waals surface area contributed by atoms with Crippen LogP contribution in [0, 0.1) is 11.6 Å². The van der Waals surface area contributed by atoms with Crippen LogP contribution in [0.2, 0.25) is 0 Å². The summed E-state index contributed by atoms with van der Waals surface area (Å²) >= 11 is 1.47. The van der Waals surface area contributed by atoms with Gasteiger partial charge in [0.25, 0.3) is 0 Å². The molecular formula is C24H22F2N6OS. The van der Waals surface area contributed by atoms with Gasteiger partial charge in [-0.15, -0.1) is 11.3 Å². The number of imidazole rings is 1. The first-order chi connectivity index (χ1) is 16.5. The topological polar surface area (TPSA) is 89.1 Å². The molecular weight excluding hydrogens is 458 g/mol. The molecule has 1 aliphatic heterocycles. The fraction of sp³-hybridized carbons (Fsp3) is 0.208. The molecule has 0 fully saturated rings. The van der Waals surface area contributed by atoms with E-state index in [1.165, 1.54) is 35.6 Å². The zero-order valence-electron chi connectivity index (χ0n) is 18.1. The van der Waals surface area contributed by atoms with E-state index < -0.39 is 6.04 Å². The summed E-state index contributed by atoms with van der Waals surface area (Å²) in [5.41, 5.74) is 10.7. The number of benzene rings is 2. The van der Waals surface area contributed by atoms with Gasteiger partial charge in [0.2, 0.25) is 5.91 Å². The fourth-order valence-corrected chi connectivity index (χ4v) is 4.58. The number of carbonyl (C=O) groups excluding carboxylic acids is 1. The van der Waals surface area contributed by atoms with Crippen molar-refractivity contribution in [2.75, 3.05) is 11.9 Å². The summed E-state index contributed by atoms with van der Waals surface area (Å²) in [5.74, 6) is 0.560. The number of nitrogens with zero attached hydrogens (tertiary/aromatic N) is 4. The van der Waals surface area contributed by atoms with Crippen LogP contribution < -0.4 is 11.1 Å². The largest absolute Gasteiger partial charge is 0.340 e. The standard InChI is InChI=1S/C24H22F2N6OS/c25-16-3-1-15(2-4-16)22-23(29-18-7-5-17(26)6-8-18)32-10-9-31(12-21(32)30-22)24(33)20(27)11-19-13-34-14-28-19/h1-8,13-14,20,29H,9-12,27H2/t20-/m0/s1. The number of fused-ring (bicyclic) bond motifs is 1. The molecule has 5 rings (SSSR count). The van der Waals surface area contributed by atoms with E-state index in [9.17, 15) is 13.6 Å². The second kappa shape index (κ2) is 9.32. The number of rotatable bonds is 6. The highest BCUT2D eigenvalue weighted by Crippen LogP contribution is 2.33. The minimum absolute atomic E-state index is 0.154. The van der Waals surface area contributed by atoms with Crippen LogP contribution in [-0.4, -0.2) is 37.9 Å². The van der Waals surface area contributed by atoms with Crippen LogP contribution in [0.15, 0.2) is 59.4 Å². The lowest BCUT2D eigenvalue weighted by atomic mass is 10.1. The van der Waals surface area contributed by atoms with Gasteiger partial charge in [0.1, 0.15) is 29.0 Å². The Morgan fingerprint density at radius 1 is 1.09 bits per heavy atom. The predicted molar refractivity (Wildman–Crippen MR) is 127 cm³/mol. The minimum Gasteiger partial charge on any atom is -0.340 e. The van der Waals surface area contributed by atoms with E-state index in [1.807, 2.05) is 9.95 Å². The Bertz CT molecular complexity index is 1290. The van der Waals surface area contributed by atoms with Crippen LogP contribution in [0.1, 0.15) is 11.5 Å². The summed E-state index contributed by atoms with van der Waals surface area (Å²) < 4.78 is 28.9. The molecule has 0 unspecified atom stereocenters. The lowest BCUT2D eigenvalue weighted by Gasteiger charge is -2.30. The number of thiazole rings is 1. The average Bonchev–Trinajstić information content (AvgIpc) is 3.48. The monoisotopic (exact) mass is 480 g/mol. The van der Waals surface area contributed by atoms with Crippen LogP contribution in [0.3, 0.4) is 0 Å². The predicted octanol–water partition coefficient (Wildman–Crippen LogP) is 3.94. The van der Waals surface area contributed by atoms with Gasteiger partial charge in [0, 0.05) is 36.1 Å². The molecule has 2 aromatic heterocycles. The molecule has 0 aliphatic carbocycles. The maximum Gasteiger partial charge on any atom is 0.240 e. The van der Waals surface area contributed by atoms with E-state index in [4.69, 9.17) is 10.7 Å². The summed E-state index contributed by atoms with van der Waals surface area (Å²) in [6.07, 6.45) is 0.380. The molecule has 2 aromatic carbocycles. The molecule has 0 radical (unpaired) electrons. The van der Waals surface area contributed by atoms with Gasteiger partial charge < -0.3 is 20.5 Å². The van der Waals surface area contributed by atoms with Gasteiger partial charge in [-0.1, -0.05) is 0 Å². The second-order valence-electron chi connectivity index (χ2n) is 8.07. The summed E-state index contributed by atoms with van der Waals surface area (Å²) in [5, 5.41) is 5.21. The number of nitrogens with two attached hydrogens (primary N) is 1. The number of nitrogens with one attached hydrogen (secondary N) is 1.